The molecule has 0 atom stereocenters. The summed E-state index contributed by atoms with van der Waals surface area (Å²) < 4.78 is 23.3. The number of hydrogen-bond donors (Lipinski definition) is 1. The maximum Gasteiger partial charge on any atom is 0.178 e. The molecule has 0 spiro atoms. The van der Waals surface area contributed by atoms with E-state index < -0.39 is 9.84 Å². The Morgan fingerprint density at radius 1 is 1.33 bits per heavy atom. The molecule has 1 aromatic heterocycles. The Morgan fingerprint density at radius 3 is 2.56 bits per heavy atom. The molecule has 1 heterocycles. The highest BCUT2D eigenvalue weighted by atomic mass is 32.2. The summed E-state index contributed by atoms with van der Waals surface area (Å²) >= 11 is 0. The number of rotatable bonds is 3. The van der Waals surface area contributed by atoms with Crippen molar-refractivity contribution in [2.45, 2.75) is 11.8 Å². The van der Waals surface area contributed by atoms with Crippen molar-refractivity contribution in [3.05, 3.63) is 36.3 Å². The summed E-state index contributed by atoms with van der Waals surface area (Å²) in [6, 6.07) is 8.37. The van der Waals surface area contributed by atoms with Crippen LogP contribution in [-0.4, -0.2) is 24.1 Å². The van der Waals surface area contributed by atoms with Gasteiger partial charge in [0.05, 0.1) is 22.7 Å². The van der Waals surface area contributed by atoms with E-state index in [9.17, 15) is 8.42 Å². The predicted molar refractivity (Wildman–Crippen MR) is 66.5 cm³/mol. The Balaban J connectivity index is 2.44. The molecule has 0 fully saturated rings. The molecule has 18 heavy (non-hydrogen) atoms. The number of aromatic amines is 1. The van der Waals surface area contributed by atoms with Crippen LogP contribution in [-0.2, 0) is 9.84 Å². The van der Waals surface area contributed by atoms with Gasteiger partial charge in [0.25, 0.3) is 0 Å². The lowest BCUT2D eigenvalue weighted by molar-refractivity contribution is 0.597. The van der Waals surface area contributed by atoms with E-state index in [1.165, 1.54) is 18.5 Å². The molecule has 0 saturated carbocycles. The average Bonchev–Trinajstić information content (AvgIpc) is 2.87. The second kappa shape index (κ2) is 4.63. The first-order valence-corrected chi connectivity index (χ1v) is 7.00. The van der Waals surface area contributed by atoms with Gasteiger partial charge in [-0.3, -0.25) is 0 Å². The van der Waals surface area contributed by atoms with Crippen molar-refractivity contribution in [1.82, 2.24) is 9.97 Å². The fraction of sp³-hybridized carbons (Fsp3) is 0.167. The Bertz CT molecular complexity index is 694. The number of imidazole rings is 1. The molecule has 5 nitrogen and oxygen atoms in total. The van der Waals surface area contributed by atoms with Crippen molar-refractivity contribution in [2.24, 2.45) is 0 Å². The van der Waals surface area contributed by atoms with E-state index in [-0.39, 0.29) is 10.6 Å². The molecule has 2 aromatic rings. The van der Waals surface area contributed by atoms with Gasteiger partial charge >= 0.3 is 0 Å². The van der Waals surface area contributed by atoms with E-state index in [0.29, 0.717) is 11.4 Å². The third-order valence-corrected chi connectivity index (χ3v) is 4.38. The summed E-state index contributed by atoms with van der Waals surface area (Å²) in [5.41, 5.74) is 1.62. The normalized spacial score (nSPS) is 11.1. The summed E-state index contributed by atoms with van der Waals surface area (Å²) in [5, 5.41) is 8.86. The van der Waals surface area contributed by atoms with Gasteiger partial charge in [0.15, 0.2) is 15.5 Å². The van der Waals surface area contributed by atoms with E-state index in [1.54, 1.807) is 19.1 Å². The fourth-order valence-electron chi connectivity index (χ4n) is 1.59. The lowest BCUT2D eigenvalue weighted by Gasteiger charge is -2.03. The Labute approximate surface area is 105 Å². The number of hydrogen-bond acceptors (Lipinski definition) is 4. The van der Waals surface area contributed by atoms with Gasteiger partial charge in [-0.25, -0.2) is 13.4 Å². The number of nitrogens with zero attached hydrogens (tertiary/aromatic N) is 2. The van der Waals surface area contributed by atoms with E-state index in [4.69, 9.17) is 5.26 Å². The van der Waals surface area contributed by atoms with Gasteiger partial charge in [-0.05, 0) is 12.1 Å². The van der Waals surface area contributed by atoms with E-state index >= 15 is 0 Å². The maximum atomic E-state index is 11.6. The van der Waals surface area contributed by atoms with E-state index in [1.807, 2.05) is 6.07 Å². The largest absolute Gasteiger partial charge is 0.343 e. The molecular weight excluding hydrogens is 250 g/mol. The molecule has 0 aliphatic rings. The number of nitrogens with one attached hydrogen (secondary N) is 1. The highest BCUT2D eigenvalue weighted by molar-refractivity contribution is 7.91. The smallest absolute Gasteiger partial charge is 0.178 e. The molecule has 0 unspecified atom stereocenters. The summed E-state index contributed by atoms with van der Waals surface area (Å²) in [5.74, 6) is 0.0693. The number of sulfone groups is 1. The van der Waals surface area contributed by atoms with Crippen LogP contribution in [0.25, 0.3) is 11.3 Å². The third-order valence-electron chi connectivity index (χ3n) is 2.63. The van der Waals surface area contributed by atoms with Crippen molar-refractivity contribution in [2.75, 3.05) is 5.75 Å². The number of benzene rings is 1. The van der Waals surface area contributed by atoms with Crippen molar-refractivity contribution in [3.63, 3.8) is 0 Å². The average molecular weight is 261 g/mol. The zero-order chi connectivity index (χ0) is 13.2. The minimum atomic E-state index is -3.19. The number of nitriles is 1. The maximum absolute atomic E-state index is 11.6. The zero-order valence-corrected chi connectivity index (χ0v) is 10.5. The number of aromatic nitrogens is 2. The Kier molecular flexibility index (Phi) is 3.17. The third kappa shape index (κ3) is 2.13. The monoisotopic (exact) mass is 261 g/mol. The van der Waals surface area contributed by atoms with Crippen LogP contribution in [0.3, 0.4) is 0 Å². The van der Waals surface area contributed by atoms with E-state index in [0.717, 1.165) is 5.56 Å². The van der Waals surface area contributed by atoms with Crippen LogP contribution >= 0.6 is 0 Å². The predicted octanol–water partition coefficient (Wildman–Crippen LogP) is 1.74. The second-order valence-electron chi connectivity index (χ2n) is 3.67. The summed E-state index contributed by atoms with van der Waals surface area (Å²) in [4.78, 5) is 7.01. The summed E-state index contributed by atoms with van der Waals surface area (Å²) in [6.07, 6.45) is 1.44. The SMILES string of the molecule is CCS(=O)(=O)c1ccc(-c2[nH]cnc2C#N)cc1. The van der Waals surface area contributed by atoms with Crippen molar-refractivity contribution < 1.29 is 8.42 Å². The first kappa shape index (κ1) is 12.3. The lowest BCUT2D eigenvalue weighted by Crippen LogP contribution is -2.03. The molecule has 0 saturated heterocycles. The van der Waals surface area contributed by atoms with Gasteiger partial charge in [-0.2, -0.15) is 5.26 Å². The molecule has 0 bridgehead atoms. The van der Waals surface area contributed by atoms with Crippen LogP contribution in [0, 0.1) is 11.3 Å². The first-order valence-electron chi connectivity index (χ1n) is 5.35. The summed E-state index contributed by atoms with van der Waals surface area (Å²) in [7, 11) is -3.19. The van der Waals surface area contributed by atoms with Crippen LogP contribution < -0.4 is 0 Å². The van der Waals surface area contributed by atoms with Crippen LogP contribution in [0.15, 0.2) is 35.5 Å². The second-order valence-corrected chi connectivity index (χ2v) is 5.94. The minimum absolute atomic E-state index is 0.0693. The first-order chi connectivity index (χ1) is 8.58. The Hall–Kier alpha value is -2.13. The topological polar surface area (TPSA) is 86.6 Å². The number of H-pyrrole nitrogens is 1. The standard InChI is InChI=1S/C12H11N3O2S/c1-2-18(16,17)10-5-3-9(4-6-10)12-11(7-13)14-8-15-12/h3-6,8H,2H2,1H3,(H,14,15). The molecule has 0 radical (unpaired) electrons. The van der Waals surface area contributed by atoms with Crippen molar-refractivity contribution >= 4 is 9.84 Å². The van der Waals surface area contributed by atoms with Crippen LogP contribution in [0.5, 0.6) is 0 Å². The van der Waals surface area contributed by atoms with E-state index in [2.05, 4.69) is 9.97 Å². The van der Waals surface area contributed by atoms with Gasteiger partial charge in [0.2, 0.25) is 0 Å². The minimum Gasteiger partial charge on any atom is -0.343 e. The van der Waals surface area contributed by atoms with Crippen molar-refractivity contribution in [3.8, 4) is 17.3 Å². The summed E-state index contributed by atoms with van der Waals surface area (Å²) in [6.45, 7) is 1.60. The van der Waals surface area contributed by atoms with Gasteiger partial charge in [0.1, 0.15) is 6.07 Å². The molecule has 0 aliphatic heterocycles. The Morgan fingerprint density at radius 2 is 2.00 bits per heavy atom. The fourth-order valence-corrected chi connectivity index (χ4v) is 2.48. The molecule has 0 aliphatic carbocycles. The molecule has 92 valence electrons. The molecule has 0 amide bonds. The molecule has 1 N–H and O–H groups in total. The van der Waals surface area contributed by atoms with Gasteiger partial charge in [-0.1, -0.05) is 19.1 Å². The zero-order valence-electron chi connectivity index (χ0n) is 9.71. The van der Waals surface area contributed by atoms with Crippen LogP contribution in [0.2, 0.25) is 0 Å². The molecular formula is C12H11N3O2S. The van der Waals surface area contributed by atoms with Crippen LogP contribution in [0.1, 0.15) is 12.6 Å². The molecule has 1 aromatic carbocycles. The van der Waals surface area contributed by atoms with Gasteiger partial charge < -0.3 is 4.98 Å². The molecule has 6 heteroatoms. The quantitative estimate of drug-likeness (QED) is 0.911. The van der Waals surface area contributed by atoms with Gasteiger partial charge in [0, 0.05) is 5.56 Å². The van der Waals surface area contributed by atoms with Crippen LogP contribution in [0.4, 0.5) is 0 Å². The highest BCUT2D eigenvalue weighted by Gasteiger charge is 2.12. The molecule has 2 rings (SSSR count). The van der Waals surface area contributed by atoms with Gasteiger partial charge in [-0.15, -0.1) is 0 Å². The van der Waals surface area contributed by atoms with Crippen molar-refractivity contribution in [1.29, 1.82) is 5.26 Å². The lowest BCUT2D eigenvalue weighted by atomic mass is 10.1. The highest BCUT2D eigenvalue weighted by Crippen LogP contribution is 2.22.